The molecule has 0 spiro atoms. The summed E-state index contributed by atoms with van der Waals surface area (Å²) >= 11 is 0. The van der Waals surface area contributed by atoms with E-state index in [0.717, 1.165) is 38.1 Å². The van der Waals surface area contributed by atoms with Gasteiger partial charge < -0.3 is 13.7 Å². The van der Waals surface area contributed by atoms with E-state index in [1.54, 1.807) is 0 Å². The van der Waals surface area contributed by atoms with E-state index < -0.39 is 24.4 Å². The molecule has 1 aliphatic rings. The van der Waals surface area contributed by atoms with E-state index in [4.69, 9.17) is 20.6 Å². The molecular weight excluding hydrogens is 467 g/mol. The van der Waals surface area contributed by atoms with Crippen LogP contribution in [0.25, 0.3) is 55.0 Å². The van der Waals surface area contributed by atoms with E-state index >= 15 is 0 Å². The fourth-order valence-electron chi connectivity index (χ4n) is 5.13. The van der Waals surface area contributed by atoms with Gasteiger partial charge in [0.25, 0.3) is 0 Å². The van der Waals surface area contributed by atoms with Gasteiger partial charge in [0.1, 0.15) is 11.2 Å². The Morgan fingerprint density at radius 1 is 0.658 bits per heavy atom. The highest BCUT2D eigenvalue weighted by Gasteiger charge is 2.51. The summed E-state index contributed by atoms with van der Waals surface area (Å²) in [7, 11) is -0.573. The first-order chi connectivity index (χ1) is 20.4. The van der Waals surface area contributed by atoms with E-state index in [1.807, 2.05) is 76.2 Å². The molecule has 0 bridgehead atoms. The topological polar surface area (TPSA) is 31.6 Å². The van der Waals surface area contributed by atoms with Gasteiger partial charge in [-0.25, -0.2) is 0 Å². The molecule has 0 atom stereocenters. The number of hydrogen-bond acceptors (Lipinski definition) is 3. The van der Waals surface area contributed by atoms with Gasteiger partial charge in [-0.3, -0.25) is 0 Å². The molecule has 2 heterocycles. The lowest BCUT2D eigenvalue weighted by Crippen LogP contribution is -2.41. The maximum absolute atomic E-state index is 8.74. The van der Waals surface area contributed by atoms with E-state index in [0.29, 0.717) is 16.7 Å². The minimum absolute atomic E-state index is 0.101. The first kappa shape index (κ1) is 18.4. The van der Waals surface area contributed by atoms with Crippen molar-refractivity contribution < 1.29 is 20.6 Å². The number of furan rings is 1. The minimum Gasteiger partial charge on any atom is -0.455 e. The van der Waals surface area contributed by atoms with Crippen molar-refractivity contribution >= 4 is 45.3 Å². The molecule has 0 aliphatic carbocycles. The molecule has 1 aromatic heterocycles. The monoisotopic (exact) mass is 501 g/mol. The van der Waals surface area contributed by atoms with Crippen LogP contribution in [0.15, 0.2) is 107 Å². The van der Waals surface area contributed by atoms with Crippen molar-refractivity contribution in [3.8, 4) is 22.3 Å². The SMILES string of the molecule is [2H]c1c([2H])c([2H])c(-c2cc(-c3ccc4ccccc4c3)cc3c2oc2cc(B4OC(C)(C)C(C)(C)O4)ccc23)c([2H])c1[2H]. The maximum atomic E-state index is 8.74. The van der Waals surface area contributed by atoms with Crippen LogP contribution in [0.4, 0.5) is 0 Å². The summed E-state index contributed by atoms with van der Waals surface area (Å²) in [6.07, 6.45) is 0. The molecule has 5 aromatic carbocycles. The fourth-order valence-corrected chi connectivity index (χ4v) is 5.13. The van der Waals surface area contributed by atoms with E-state index in [2.05, 4.69) is 24.3 Å². The first-order valence-corrected chi connectivity index (χ1v) is 12.8. The molecule has 0 amide bonds. The number of hydrogen-bond donors (Lipinski definition) is 0. The molecule has 7 rings (SSSR count). The van der Waals surface area contributed by atoms with Crippen molar-refractivity contribution in [3.63, 3.8) is 0 Å². The van der Waals surface area contributed by atoms with E-state index in [9.17, 15) is 0 Å². The third-order valence-electron chi connectivity index (χ3n) is 7.97. The van der Waals surface area contributed by atoms with Crippen LogP contribution >= 0.6 is 0 Å². The van der Waals surface area contributed by atoms with Crippen molar-refractivity contribution in [2.45, 2.75) is 38.9 Å². The Morgan fingerprint density at radius 2 is 1.39 bits per heavy atom. The highest BCUT2D eigenvalue weighted by Crippen LogP contribution is 2.41. The first-order valence-electron chi connectivity index (χ1n) is 15.3. The van der Waals surface area contributed by atoms with Crippen molar-refractivity contribution in [1.82, 2.24) is 0 Å². The Hall–Kier alpha value is -3.86. The molecule has 0 unspecified atom stereocenters. The van der Waals surface area contributed by atoms with Crippen LogP contribution in [-0.2, 0) is 9.31 Å². The average molecular weight is 501 g/mol. The minimum atomic E-state index is -0.573. The number of benzene rings is 5. The Kier molecular flexibility index (Phi) is 4.03. The molecule has 0 saturated carbocycles. The van der Waals surface area contributed by atoms with Gasteiger partial charge in [0.15, 0.2) is 0 Å². The second-order valence-corrected chi connectivity index (χ2v) is 10.9. The van der Waals surface area contributed by atoms with Crippen molar-refractivity contribution in [2.75, 3.05) is 0 Å². The van der Waals surface area contributed by atoms with Gasteiger partial charge in [-0.1, -0.05) is 78.7 Å². The second-order valence-electron chi connectivity index (χ2n) is 10.9. The molecule has 1 saturated heterocycles. The highest BCUT2D eigenvalue weighted by molar-refractivity contribution is 6.62. The molecule has 1 fully saturated rings. The Morgan fingerprint density at radius 3 is 2.16 bits per heavy atom. The number of fused-ring (bicyclic) bond motifs is 4. The third-order valence-corrected chi connectivity index (χ3v) is 7.97. The molecule has 186 valence electrons. The van der Waals surface area contributed by atoms with Crippen LogP contribution in [-0.4, -0.2) is 18.3 Å². The fraction of sp³-hybridized carbons (Fsp3) is 0.176. The van der Waals surface area contributed by atoms with Gasteiger partial charge in [-0.05, 0) is 84.9 Å². The zero-order valence-corrected chi connectivity index (χ0v) is 21.7. The highest BCUT2D eigenvalue weighted by atomic mass is 16.7. The van der Waals surface area contributed by atoms with Crippen LogP contribution in [0.1, 0.15) is 34.5 Å². The predicted octanol–water partition coefficient (Wildman–Crippen LogP) is 8.37. The van der Waals surface area contributed by atoms with Crippen LogP contribution in [0.2, 0.25) is 0 Å². The van der Waals surface area contributed by atoms with Gasteiger partial charge in [0.05, 0.1) is 18.1 Å². The summed E-state index contributed by atoms with van der Waals surface area (Å²) in [5.41, 5.74) is 3.18. The molecule has 6 aromatic rings. The standard InChI is InChI=1S/C34H29BO3/c1-33(2)34(3,4)38-35(37-33)27-16-17-28-30-20-26(25-15-14-22-10-8-9-13-24(22)18-25)19-29(23-11-6-5-7-12-23)32(30)36-31(28)21-27/h5-21H,1-4H3/i5D,6D,7D,11D,12D. The summed E-state index contributed by atoms with van der Waals surface area (Å²) in [6.45, 7) is 8.03. The summed E-state index contributed by atoms with van der Waals surface area (Å²) < 4.78 is 61.3. The molecule has 4 heteroatoms. The molecule has 0 radical (unpaired) electrons. The normalized spacial score (nSPS) is 18.4. The molecule has 0 N–H and O–H groups in total. The third kappa shape index (κ3) is 3.67. The smallest absolute Gasteiger partial charge is 0.455 e. The van der Waals surface area contributed by atoms with Crippen LogP contribution in [0, 0.1) is 0 Å². The average Bonchev–Trinajstić information content (AvgIpc) is 3.46. The van der Waals surface area contributed by atoms with Gasteiger partial charge in [0.2, 0.25) is 0 Å². The quantitative estimate of drug-likeness (QED) is 0.228. The lowest BCUT2D eigenvalue weighted by Gasteiger charge is -2.32. The molecular formula is C34H29BO3. The zero-order chi connectivity index (χ0) is 30.4. The lowest BCUT2D eigenvalue weighted by molar-refractivity contribution is 0.00578. The summed E-state index contributed by atoms with van der Waals surface area (Å²) in [6, 6.07) is 22.3. The van der Waals surface area contributed by atoms with Crippen molar-refractivity contribution in [2.24, 2.45) is 0 Å². The van der Waals surface area contributed by atoms with Gasteiger partial charge in [0, 0.05) is 16.3 Å². The summed E-state index contributed by atoms with van der Waals surface area (Å²) in [5, 5.41) is 3.81. The molecule has 1 aliphatic heterocycles. The van der Waals surface area contributed by atoms with Gasteiger partial charge >= 0.3 is 7.12 Å². The summed E-state index contributed by atoms with van der Waals surface area (Å²) in [5.74, 6) is 0. The van der Waals surface area contributed by atoms with Crippen LogP contribution in [0.5, 0.6) is 0 Å². The van der Waals surface area contributed by atoms with E-state index in [-0.39, 0.29) is 29.7 Å². The van der Waals surface area contributed by atoms with Crippen LogP contribution < -0.4 is 5.46 Å². The Labute approximate surface area is 230 Å². The van der Waals surface area contributed by atoms with Crippen LogP contribution in [0.3, 0.4) is 0 Å². The zero-order valence-electron chi connectivity index (χ0n) is 26.7. The van der Waals surface area contributed by atoms with Gasteiger partial charge in [-0.15, -0.1) is 0 Å². The Balaban J connectivity index is 1.49. The predicted molar refractivity (Wildman–Crippen MR) is 158 cm³/mol. The van der Waals surface area contributed by atoms with E-state index in [1.165, 1.54) is 0 Å². The Bertz CT molecular complexity index is 2070. The largest absolute Gasteiger partial charge is 0.494 e. The number of rotatable bonds is 3. The maximum Gasteiger partial charge on any atom is 0.494 e. The molecule has 38 heavy (non-hydrogen) atoms. The second kappa shape index (κ2) is 8.32. The lowest BCUT2D eigenvalue weighted by atomic mass is 9.79. The summed E-state index contributed by atoms with van der Waals surface area (Å²) in [4.78, 5) is 0. The van der Waals surface area contributed by atoms with Crippen molar-refractivity contribution in [1.29, 1.82) is 0 Å². The molecule has 3 nitrogen and oxygen atoms in total. The van der Waals surface area contributed by atoms with Crippen molar-refractivity contribution in [3.05, 3.63) is 103 Å². The van der Waals surface area contributed by atoms with Gasteiger partial charge in [-0.2, -0.15) is 0 Å².